The van der Waals surface area contributed by atoms with Gasteiger partial charge in [0.2, 0.25) is 5.88 Å². The van der Waals surface area contributed by atoms with E-state index < -0.39 is 0 Å². The molecular weight excluding hydrogens is 238 g/mol. The summed E-state index contributed by atoms with van der Waals surface area (Å²) in [6.07, 6.45) is 9.88. The number of rotatable bonds is 10. The number of pyridine rings is 1. The molecule has 0 amide bonds. The molecule has 108 valence electrons. The van der Waals surface area contributed by atoms with Crippen LogP contribution in [0.2, 0.25) is 0 Å². The topological polar surface area (TPSA) is 31.4 Å². The Bertz CT molecular complexity index is 353. The molecule has 0 N–H and O–H groups in total. The smallest absolute Gasteiger partial charge is 0.219 e. The van der Waals surface area contributed by atoms with E-state index in [4.69, 9.17) is 9.47 Å². The number of methoxy groups -OCH3 is 1. The van der Waals surface area contributed by atoms with Gasteiger partial charge in [0.25, 0.3) is 0 Å². The molecule has 1 aromatic rings. The van der Waals surface area contributed by atoms with Crippen molar-refractivity contribution in [3.05, 3.63) is 17.8 Å². The highest BCUT2D eigenvalue weighted by molar-refractivity contribution is 5.39. The molecule has 0 aliphatic carbocycles. The number of aromatic nitrogens is 1. The number of nitrogens with zero attached hydrogens (tertiary/aromatic N) is 1. The van der Waals surface area contributed by atoms with Crippen LogP contribution in [0.3, 0.4) is 0 Å². The van der Waals surface area contributed by atoms with Crippen LogP contribution in [-0.4, -0.2) is 18.7 Å². The second-order valence-electron chi connectivity index (χ2n) is 4.81. The molecule has 0 atom stereocenters. The number of hydrogen-bond donors (Lipinski definition) is 0. The summed E-state index contributed by atoms with van der Waals surface area (Å²) < 4.78 is 11.2. The van der Waals surface area contributed by atoms with Crippen LogP contribution in [0.1, 0.15) is 57.9 Å². The lowest BCUT2D eigenvalue weighted by molar-refractivity contribution is 0.298. The fourth-order valence-corrected chi connectivity index (χ4v) is 2.08. The highest BCUT2D eigenvalue weighted by atomic mass is 16.5. The van der Waals surface area contributed by atoms with Crippen molar-refractivity contribution in [2.75, 3.05) is 13.7 Å². The molecule has 1 heterocycles. The Hall–Kier alpha value is -1.25. The Morgan fingerprint density at radius 1 is 1.05 bits per heavy atom. The first kappa shape index (κ1) is 15.8. The molecule has 3 nitrogen and oxygen atoms in total. The highest BCUT2D eigenvalue weighted by Crippen LogP contribution is 2.28. The van der Waals surface area contributed by atoms with E-state index >= 15 is 0 Å². The Balaban J connectivity index is 2.65. The maximum absolute atomic E-state index is 5.89. The van der Waals surface area contributed by atoms with Crippen LogP contribution >= 0.6 is 0 Å². The maximum atomic E-state index is 5.89. The van der Waals surface area contributed by atoms with Crippen molar-refractivity contribution in [1.82, 2.24) is 4.98 Å². The molecule has 0 radical (unpaired) electrons. The first-order valence-electron chi connectivity index (χ1n) is 7.48. The second kappa shape index (κ2) is 9.65. The number of unbranched alkanes of at least 4 members (excludes halogenated alkanes) is 4. The van der Waals surface area contributed by atoms with Gasteiger partial charge in [-0.3, -0.25) is 0 Å². The number of hydrogen-bond acceptors (Lipinski definition) is 3. The third-order valence-corrected chi connectivity index (χ3v) is 3.20. The van der Waals surface area contributed by atoms with Crippen LogP contribution in [0.4, 0.5) is 0 Å². The van der Waals surface area contributed by atoms with E-state index in [0.717, 1.165) is 37.2 Å². The van der Waals surface area contributed by atoms with Crippen LogP contribution in [0.15, 0.2) is 12.3 Å². The Morgan fingerprint density at radius 2 is 1.79 bits per heavy atom. The van der Waals surface area contributed by atoms with Crippen molar-refractivity contribution in [2.24, 2.45) is 0 Å². The molecule has 0 bridgehead atoms. The third kappa shape index (κ3) is 5.50. The summed E-state index contributed by atoms with van der Waals surface area (Å²) in [7, 11) is 1.67. The molecule has 0 aromatic carbocycles. The minimum Gasteiger partial charge on any atom is -0.493 e. The fraction of sp³-hybridized carbons (Fsp3) is 0.688. The zero-order valence-corrected chi connectivity index (χ0v) is 12.6. The summed E-state index contributed by atoms with van der Waals surface area (Å²) in [5.74, 6) is 1.66. The zero-order chi connectivity index (χ0) is 13.9. The number of ether oxygens (including phenoxy) is 2. The molecule has 19 heavy (non-hydrogen) atoms. The van der Waals surface area contributed by atoms with Gasteiger partial charge in [0.1, 0.15) is 5.75 Å². The van der Waals surface area contributed by atoms with Crippen LogP contribution in [-0.2, 0) is 6.42 Å². The van der Waals surface area contributed by atoms with Crippen molar-refractivity contribution < 1.29 is 9.47 Å². The maximum Gasteiger partial charge on any atom is 0.219 e. The fourth-order valence-electron chi connectivity index (χ4n) is 2.08. The van der Waals surface area contributed by atoms with E-state index in [9.17, 15) is 0 Å². The Labute approximate surface area is 117 Å². The second-order valence-corrected chi connectivity index (χ2v) is 4.81. The Kier molecular flexibility index (Phi) is 8.03. The molecule has 0 spiro atoms. The molecule has 1 rings (SSSR count). The van der Waals surface area contributed by atoms with Gasteiger partial charge in [-0.25, -0.2) is 4.98 Å². The molecule has 0 aliphatic heterocycles. The van der Waals surface area contributed by atoms with Crippen LogP contribution < -0.4 is 9.47 Å². The molecule has 0 aliphatic rings. The van der Waals surface area contributed by atoms with E-state index in [0.29, 0.717) is 5.88 Å². The lowest BCUT2D eigenvalue weighted by atomic mass is 10.1. The first-order valence-corrected chi connectivity index (χ1v) is 7.48. The van der Waals surface area contributed by atoms with Crippen molar-refractivity contribution in [3.8, 4) is 11.6 Å². The quantitative estimate of drug-likeness (QED) is 0.588. The van der Waals surface area contributed by atoms with E-state index in [1.54, 1.807) is 13.3 Å². The van der Waals surface area contributed by atoms with Gasteiger partial charge in [-0.05, 0) is 25.3 Å². The monoisotopic (exact) mass is 265 g/mol. The molecule has 0 saturated carbocycles. The van der Waals surface area contributed by atoms with Crippen molar-refractivity contribution in [2.45, 2.75) is 58.8 Å². The lowest BCUT2D eigenvalue weighted by Crippen LogP contribution is -2.03. The molecule has 0 unspecified atom stereocenters. The van der Waals surface area contributed by atoms with Crippen molar-refractivity contribution in [1.29, 1.82) is 0 Å². The lowest BCUT2D eigenvalue weighted by Gasteiger charge is -2.13. The van der Waals surface area contributed by atoms with Crippen molar-refractivity contribution in [3.63, 3.8) is 0 Å². The van der Waals surface area contributed by atoms with E-state index in [1.807, 2.05) is 6.07 Å². The summed E-state index contributed by atoms with van der Waals surface area (Å²) in [5, 5.41) is 0. The van der Waals surface area contributed by atoms with E-state index in [1.165, 1.54) is 25.7 Å². The van der Waals surface area contributed by atoms with Gasteiger partial charge in [0.05, 0.1) is 19.3 Å². The van der Waals surface area contributed by atoms with E-state index in [-0.39, 0.29) is 0 Å². The average Bonchev–Trinajstić information content (AvgIpc) is 2.44. The molecule has 0 saturated heterocycles. The van der Waals surface area contributed by atoms with E-state index in [2.05, 4.69) is 18.8 Å². The minimum atomic E-state index is 0.712. The summed E-state index contributed by atoms with van der Waals surface area (Å²) in [6, 6.07) is 1.95. The van der Waals surface area contributed by atoms with Gasteiger partial charge in [-0.15, -0.1) is 0 Å². The van der Waals surface area contributed by atoms with Gasteiger partial charge < -0.3 is 9.47 Å². The molecule has 0 fully saturated rings. The zero-order valence-electron chi connectivity index (χ0n) is 12.6. The van der Waals surface area contributed by atoms with Crippen LogP contribution in [0.25, 0.3) is 0 Å². The molecular formula is C16H27NO2. The largest absolute Gasteiger partial charge is 0.493 e. The average molecular weight is 265 g/mol. The van der Waals surface area contributed by atoms with Gasteiger partial charge >= 0.3 is 0 Å². The summed E-state index contributed by atoms with van der Waals surface area (Å²) in [4.78, 5) is 4.28. The SMILES string of the molecule is CCCCCOc1ccnc(OC)c1CCCCC. The molecule has 1 aromatic heterocycles. The summed E-state index contributed by atoms with van der Waals surface area (Å²) >= 11 is 0. The first-order chi connectivity index (χ1) is 9.33. The van der Waals surface area contributed by atoms with Gasteiger partial charge in [-0.2, -0.15) is 0 Å². The standard InChI is InChI=1S/C16H27NO2/c1-4-6-8-10-14-15(19-13-9-7-5-2)11-12-17-16(14)18-3/h11-12H,4-10,13H2,1-3H3. The third-order valence-electron chi connectivity index (χ3n) is 3.20. The van der Waals surface area contributed by atoms with Gasteiger partial charge in [-0.1, -0.05) is 39.5 Å². The molecule has 3 heteroatoms. The van der Waals surface area contributed by atoms with Crippen LogP contribution in [0.5, 0.6) is 11.6 Å². The Morgan fingerprint density at radius 3 is 2.47 bits per heavy atom. The highest BCUT2D eigenvalue weighted by Gasteiger charge is 2.11. The summed E-state index contributed by atoms with van der Waals surface area (Å²) in [6.45, 7) is 5.19. The van der Waals surface area contributed by atoms with Crippen molar-refractivity contribution >= 4 is 0 Å². The summed E-state index contributed by atoms with van der Waals surface area (Å²) in [5.41, 5.74) is 1.12. The van der Waals surface area contributed by atoms with Gasteiger partial charge in [0.15, 0.2) is 0 Å². The predicted molar refractivity (Wildman–Crippen MR) is 79.0 cm³/mol. The predicted octanol–water partition coefficient (Wildman–Crippen LogP) is 4.39. The van der Waals surface area contributed by atoms with Gasteiger partial charge in [0, 0.05) is 6.20 Å². The normalized spacial score (nSPS) is 10.5. The minimum absolute atomic E-state index is 0.712. The van der Waals surface area contributed by atoms with Crippen LogP contribution in [0, 0.1) is 0 Å².